The van der Waals surface area contributed by atoms with E-state index < -0.39 is 0 Å². The molecule has 0 aliphatic heterocycles. The van der Waals surface area contributed by atoms with Crippen molar-refractivity contribution in [2.45, 2.75) is 78.4 Å². The van der Waals surface area contributed by atoms with Gasteiger partial charge in [-0.2, -0.15) is 0 Å². The van der Waals surface area contributed by atoms with E-state index in [4.69, 9.17) is 0 Å². The lowest BCUT2D eigenvalue weighted by molar-refractivity contribution is -0.128. The summed E-state index contributed by atoms with van der Waals surface area (Å²) >= 11 is 0. The molecule has 1 aromatic rings. The fourth-order valence-electron chi connectivity index (χ4n) is 3.79. The molecule has 1 aliphatic rings. The molecule has 6 heteroatoms. The Hall–Kier alpha value is -1.43. The van der Waals surface area contributed by atoms with Crippen molar-refractivity contribution in [1.29, 1.82) is 0 Å². The number of aromatic nitrogens is 3. The Morgan fingerprint density at radius 1 is 1.38 bits per heavy atom. The second kappa shape index (κ2) is 8.10. The summed E-state index contributed by atoms with van der Waals surface area (Å²) in [6.45, 7) is 9.04. The highest BCUT2D eigenvalue weighted by molar-refractivity contribution is 5.81. The van der Waals surface area contributed by atoms with Crippen LogP contribution in [0.1, 0.15) is 71.5 Å². The fourth-order valence-corrected chi connectivity index (χ4v) is 3.79. The van der Waals surface area contributed by atoms with E-state index in [0.717, 1.165) is 12.1 Å². The Morgan fingerprint density at radius 3 is 2.58 bits per heavy atom. The van der Waals surface area contributed by atoms with Crippen molar-refractivity contribution in [1.82, 2.24) is 25.6 Å². The SMILES string of the molecule is CCC(NC(=O)C(n1cc(CNC)nn1)C(C)(C)C)C1CCCC1. The van der Waals surface area contributed by atoms with Crippen LogP contribution in [0.15, 0.2) is 6.20 Å². The van der Waals surface area contributed by atoms with Crippen LogP contribution >= 0.6 is 0 Å². The lowest BCUT2D eigenvalue weighted by atomic mass is 9.85. The van der Waals surface area contributed by atoms with Gasteiger partial charge in [0.1, 0.15) is 6.04 Å². The van der Waals surface area contributed by atoms with E-state index in [0.29, 0.717) is 12.5 Å². The van der Waals surface area contributed by atoms with Crippen LogP contribution in [0.4, 0.5) is 0 Å². The molecule has 1 aromatic heterocycles. The van der Waals surface area contributed by atoms with E-state index in [9.17, 15) is 4.79 Å². The zero-order chi connectivity index (χ0) is 17.7. The molecule has 2 unspecified atom stereocenters. The number of hydrogen-bond donors (Lipinski definition) is 2. The van der Waals surface area contributed by atoms with Gasteiger partial charge in [0, 0.05) is 12.6 Å². The van der Waals surface area contributed by atoms with Gasteiger partial charge in [-0.15, -0.1) is 5.10 Å². The molecular formula is C18H33N5O. The topological polar surface area (TPSA) is 71.8 Å². The summed E-state index contributed by atoms with van der Waals surface area (Å²) in [6.07, 6.45) is 7.90. The lowest BCUT2D eigenvalue weighted by Crippen LogP contribution is -2.46. The van der Waals surface area contributed by atoms with Gasteiger partial charge >= 0.3 is 0 Å². The molecule has 2 N–H and O–H groups in total. The summed E-state index contributed by atoms with van der Waals surface area (Å²) in [5.74, 6) is 0.678. The van der Waals surface area contributed by atoms with Crippen molar-refractivity contribution in [2.24, 2.45) is 11.3 Å². The highest BCUT2D eigenvalue weighted by atomic mass is 16.2. The van der Waals surface area contributed by atoms with E-state index in [1.54, 1.807) is 4.68 Å². The first-order valence-electron chi connectivity index (χ1n) is 9.22. The number of rotatable bonds is 7. The Kier molecular flexibility index (Phi) is 6.38. The molecule has 1 saturated carbocycles. The Morgan fingerprint density at radius 2 is 2.04 bits per heavy atom. The molecule has 136 valence electrons. The van der Waals surface area contributed by atoms with Crippen LogP contribution in [0.3, 0.4) is 0 Å². The summed E-state index contributed by atoms with van der Waals surface area (Å²) in [7, 11) is 1.88. The van der Waals surface area contributed by atoms with Gasteiger partial charge in [-0.3, -0.25) is 4.79 Å². The molecule has 1 heterocycles. The minimum Gasteiger partial charge on any atom is -0.351 e. The first-order chi connectivity index (χ1) is 11.4. The van der Waals surface area contributed by atoms with Crippen LogP contribution in [-0.4, -0.2) is 34.0 Å². The maximum absolute atomic E-state index is 13.1. The summed E-state index contributed by atoms with van der Waals surface area (Å²) in [5, 5.41) is 14.8. The zero-order valence-corrected chi connectivity index (χ0v) is 15.8. The van der Waals surface area contributed by atoms with Gasteiger partial charge in [0.15, 0.2) is 0 Å². The Balaban J connectivity index is 2.15. The minimum absolute atomic E-state index is 0.0576. The Labute approximate surface area is 145 Å². The van der Waals surface area contributed by atoms with Gasteiger partial charge < -0.3 is 10.6 Å². The smallest absolute Gasteiger partial charge is 0.245 e. The highest BCUT2D eigenvalue weighted by Gasteiger charge is 2.36. The number of nitrogens with zero attached hydrogens (tertiary/aromatic N) is 3. The second-order valence-electron chi connectivity index (χ2n) is 8.06. The maximum atomic E-state index is 13.1. The van der Waals surface area contributed by atoms with Crippen molar-refractivity contribution in [3.8, 4) is 0 Å². The summed E-state index contributed by atoms with van der Waals surface area (Å²) in [5.41, 5.74) is 0.616. The maximum Gasteiger partial charge on any atom is 0.245 e. The molecule has 2 rings (SSSR count). The predicted octanol–water partition coefficient (Wildman–Crippen LogP) is 2.67. The molecule has 0 spiro atoms. The third-order valence-corrected chi connectivity index (χ3v) is 4.99. The van der Waals surface area contributed by atoms with Crippen LogP contribution in [0.25, 0.3) is 0 Å². The second-order valence-corrected chi connectivity index (χ2v) is 8.06. The number of hydrogen-bond acceptors (Lipinski definition) is 4. The van der Waals surface area contributed by atoms with Crippen LogP contribution in [0.2, 0.25) is 0 Å². The van der Waals surface area contributed by atoms with Crippen molar-refractivity contribution >= 4 is 5.91 Å². The lowest BCUT2D eigenvalue weighted by Gasteiger charge is -2.32. The van der Waals surface area contributed by atoms with Crippen LogP contribution in [0, 0.1) is 11.3 Å². The van der Waals surface area contributed by atoms with Gasteiger partial charge in [-0.25, -0.2) is 4.68 Å². The molecule has 1 amide bonds. The average Bonchev–Trinajstić information content (AvgIpc) is 3.16. The molecule has 1 aliphatic carbocycles. The quantitative estimate of drug-likeness (QED) is 0.803. The fraction of sp³-hybridized carbons (Fsp3) is 0.833. The third-order valence-electron chi connectivity index (χ3n) is 4.99. The third kappa shape index (κ3) is 4.56. The molecule has 0 saturated heterocycles. The highest BCUT2D eigenvalue weighted by Crippen LogP contribution is 2.32. The normalized spacial score (nSPS) is 18.5. The predicted molar refractivity (Wildman–Crippen MR) is 95.5 cm³/mol. The molecule has 0 aromatic carbocycles. The molecule has 24 heavy (non-hydrogen) atoms. The van der Waals surface area contributed by atoms with E-state index in [1.165, 1.54) is 25.7 Å². The van der Waals surface area contributed by atoms with Gasteiger partial charge in [0.2, 0.25) is 5.91 Å². The standard InChI is InChI=1S/C18H33N5O/c1-6-15(13-9-7-8-10-13)20-17(24)16(18(2,3)4)23-12-14(11-19-5)21-22-23/h12-13,15-16,19H,6-11H2,1-5H3,(H,20,24). The molecule has 0 radical (unpaired) electrons. The Bertz CT molecular complexity index is 528. The first-order valence-corrected chi connectivity index (χ1v) is 9.22. The van der Waals surface area contributed by atoms with Crippen molar-refractivity contribution in [3.05, 3.63) is 11.9 Å². The zero-order valence-electron chi connectivity index (χ0n) is 15.8. The van der Waals surface area contributed by atoms with Gasteiger partial charge in [-0.1, -0.05) is 45.7 Å². The molecular weight excluding hydrogens is 302 g/mol. The summed E-state index contributed by atoms with van der Waals surface area (Å²) in [4.78, 5) is 13.1. The summed E-state index contributed by atoms with van der Waals surface area (Å²) < 4.78 is 1.73. The van der Waals surface area contributed by atoms with Gasteiger partial charge in [-0.05, 0) is 37.6 Å². The number of carbonyl (C=O) groups is 1. The average molecular weight is 335 g/mol. The van der Waals surface area contributed by atoms with Crippen LogP contribution in [-0.2, 0) is 11.3 Å². The molecule has 6 nitrogen and oxygen atoms in total. The number of carbonyl (C=O) groups excluding carboxylic acids is 1. The van der Waals surface area contributed by atoms with E-state index in [2.05, 4.69) is 48.6 Å². The van der Waals surface area contributed by atoms with Crippen LogP contribution < -0.4 is 10.6 Å². The van der Waals surface area contributed by atoms with Crippen LogP contribution in [0.5, 0.6) is 0 Å². The number of nitrogens with one attached hydrogen (secondary N) is 2. The first kappa shape index (κ1) is 18.9. The number of amides is 1. The van der Waals surface area contributed by atoms with E-state index in [-0.39, 0.29) is 23.4 Å². The van der Waals surface area contributed by atoms with Gasteiger partial charge in [0.25, 0.3) is 0 Å². The van der Waals surface area contributed by atoms with E-state index >= 15 is 0 Å². The molecule has 2 atom stereocenters. The van der Waals surface area contributed by atoms with Crippen molar-refractivity contribution < 1.29 is 4.79 Å². The largest absolute Gasteiger partial charge is 0.351 e. The molecule has 1 fully saturated rings. The van der Waals surface area contributed by atoms with E-state index in [1.807, 2.05) is 13.2 Å². The monoisotopic (exact) mass is 335 g/mol. The minimum atomic E-state index is -0.356. The van der Waals surface area contributed by atoms with Crippen molar-refractivity contribution in [3.63, 3.8) is 0 Å². The van der Waals surface area contributed by atoms with Gasteiger partial charge in [0.05, 0.1) is 11.9 Å². The summed E-state index contributed by atoms with van der Waals surface area (Å²) in [6, 6.07) is -0.0868. The molecule has 0 bridgehead atoms. The van der Waals surface area contributed by atoms with Crippen molar-refractivity contribution in [2.75, 3.05) is 7.05 Å².